The minimum absolute atomic E-state index is 0.0875. The summed E-state index contributed by atoms with van der Waals surface area (Å²) in [7, 11) is 0. The van der Waals surface area contributed by atoms with Gasteiger partial charge >= 0.3 is 0 Å². The van der Waals surface area contributed by atoms with Gasteiger partial charge < -0.3 is 10.8 Å². The molecular formula is C13H14N2O. The first-order valence-corrected chi connectivity index (χ1v) is 5.20. The molecule has 1 atom stereocenters. The molecule has 3 heteroatoms. The Hall–Kier alpha value is -1.87. The standard InChI is InChI=1S/C13H14N2O/c14-13(9-11-3-1-2-8-15-11)10-4-6-12(16)7-5-10/h1-8,13,16H,9,14H2. The van der Waals surface area contributed by atoms with Crippen molar-refractivity contribution in [2.24, 2.45) is 5.73 Å². The van der Waals surface area contributed by atoms with Gasteiger partial charge in [0.15, 0.2) is 0 Å². The number of phenols is 1. The molecular weight excluding hydrogens is 200 g/mol. The van der Waals surface area contributed by atoms with Crippen molar-refractivity contribution in [3.05, 3.63) is 59.9 Å². The third-order valence-corrected chi connectivity index (χ3v) is 2.48. The third-order valence-electron chi connectivity index (χ3n) is 2.48. The highest BCUT2D eigenvalue weighted by molar-refractivity contribution is 5.28. The SMILES string of the molecule is NC(Cc1ccccn1)c1ccc(O)cc1. The van der Waals surface area contributed by atoms with E-state index in [9.17, 15) is 5.11 Å². The summed E-state index contributed by atoms with van der Waals surface area (Å²) in [5.74, 6) is 0.258. The van der Waals surface area contributed by atoms with Crippen LogP contribution in [0.4, 0.5) is 0 Å². The smallest absolute Gasteiger partial charge is 0.115 e. The Morgan fingerprint density at radius 3 is 2.50 bits per heavy atom. The van der Waals surface area contributed by atoms with Crippen molar-refractivity contribution < 1.29 is 5.11 Å². The fraction of sp³-hybridized carbons (Fsp3) is 0.154. The molecule has 0 aliphatic heterocycles. The number of benzene rings is 1. The summed E-state index contributed by atoms with van der Waals surface area (Å²) in [6.45, 7) is 0. The lowest BCUT2D eigenvalue weighted by Gasteiger charge is -2.11. The van der Waals surface area contributed by atoms with E-state index < -0.39 is 0 Å². The van der Waals surface area contributed by atoms with E-state index in [0.29, 0.717) is 6.42 Å². The molecule has 0 amide bonds. The van der Waals surface area contributed by atoms with Crippen LogP contribution in [0, 0.1) is 0 Å². The predicted octanol–water partition coefficient (Wildman–Crippen LogP) is 2.03. The quantitative estimate of drug-likeness (QED) is 0.821. The fourth-order valence-corrected chi connectivity index (χ4v) is 1.58. The van der Waals surface area contributed by atoms with E-state index >= 15 is 0 Å². The lowest BCUT2D eigenvalue weighted by atomic mass is 10.0. The van der Waals surface area contributed by atoms with Gasteiger partial charge in [0.25, 0.3) is 0 Å². The van der Waals surface area contributed by atoms with Crippen LogP contribution in [0.3, 0.4) is 0 Å². The van der Waals surface area contributed by atoms with Crippen LogP contribution in [0.2, 0.25) is 0 Å². The van der Waals surface area contributed by atoms with E-state index in [1.807, 2.05) is 30.3 Å². The van der Waals surface area contributed by atoms with Crippen LogP contribution in [0.15, 0.2) is 48.7 Å². The highest BCUT2D eigenvalue weighted by Crippen LogP contribution is 2.17. The molecule has 0 radical (unpaired) electrons. The molecule has 2 rings (SSSR count). The summed E-state index contributed by atoms with van der Waals surface area (Å²) in [6, 6.07) is 12.7. The number of hydrogen-bond acceptors (Lipinski definition) is 3. The van der Waals surface area contributed by atoms with Crippen LogP contribution in [-0.2, 0) is 6.42 Å². The topological polar surface area (TPSA) is 59.1 Å². The van der Waals surface area contributed by atoms with Gasteiger partial charge in [-0.05, 0) is 29.8 Å². The Morgan fingerprint density at radius 2 is 1.88 bits per heavy atom. The highest BCUT2D eigenvalue weighted by Gasteiger charge is 2.07. The Morgan fingerprint density at radius 1 is 1.12 bits per heavy atom. The lowest BCUT2D eigenvalue weighted by Crippen LogP contribution is -2.13. The van der Waals surface area contributed by atoms with Crippen molar-refractivity contribution in [3.63, 3.8) is 0 Å². The second-order valence-electron chi connectivity index (χ2n) is 3.72. The molecule has 0 saturated heterocycles. The van der Waals surface area contributed by atoms with Gasteiger partial charge in [-0.15, -0.1) is 0 Å². The van der Waals surface area contributed by atoms with Crippen molar-refractivity contribution in [1.82, 2.24) is 4.98 Å². The lowest BCUT2D eigenvalue weighted by molar-refractivity contribution is 0.475. The zero-order valence-corrected chi connectivity index (χ0v) is 8.88. The van der Waals surface area contributed by atoms with Gasteiger partial charge in [-0.3, -0.25) is 4.98 Å². The van der Waals surface area contributed by atoms with Gasteiger partial charge in [-0.1, -0.05) is 18.2 Å². The van der Waals surface area contributed by atoms with Gasteiger partial charge in [0.2, 0.25) is 0 Å². The number of nitrogens with zero attached hydrogens (tertiary/aromatic N) is 1. The zero-order chi connectivity index (χ0) is 11.4. The molecule has 1 unspecified atom stereocenters. The van der Waals surface area contributed by atoms with Crippen LogP contribution in [0.25, 0.3) is 0 Å². The Kier molecular flexibility index (Phi) is 3.17. The number of rotatable bonds is 3. The number of nitrogens with two attached hydrogens (primary N) is 1. The van der Waals surface area contributed by atoms with E-state index in [4.69, 9.17) is 5.73 Å². The molecule has 0 fully saturated rings. The summed E-state index contributed by atoms with van der Waals surface area (Å²) in [4.78, 5) is 4.23. The number of phenolic OH excluding ortho intramolecular Hbond substituents is 1. The maximum atomic E-state index is 9.18. The molecule has 0 saturated carbocycles. The summed E-state index contributed by atoms with van der Waals surface area (Å²) < 4.78 is 0. The highest BCUT2D eigenvalue weighted by atomic mass is 16.3. The molecule has 2 aromatic rings. The molecule has 3 nitrogen and oxygen atoms in total. The molecule has 16 heavy (non-hydrogen) atoms. The molecule has 82 valence electrons. The van der Waals surface area contributed by atoms with Crippen LogP contribution >= 0.6 is 0 Å². The number of aromatic hydroxyl groups is 1. The molecule has 1 heterocycles. The Balaban J connectivity index is 2.09. The van der Waals surface area contributed by atoms with Gasteiger partial charge in [0, 0.05) is 24.4 Å². The van der Waals surface area contributed by atoms with E-state index in [0.717, 1.165) is 11.3 Å². The normalized spacial score (nSPS) is 12.3. The van der Waals surface area contributed by atoms with Crippen molar-refractivity contribution in [1.29, 1.82) is 0 Å². The Labute approximate surface area is 94.6 Å². The summed E-state index contributed by atoms with van der Waals surface area (Å²) in [5, 5.41) is 9.18. The summed E-state index contributed by atoms with van der Waals surface area (Å²) in [5.41, 5.74) is 8.03. The minimum Gasteiger partial charge on any atom is -0.508 e. The number of aromatic nitrogens is 1. The van der Waals surface area contributed by atoms with E-state index in [1.165, 1.54) is 0 Å². The first-order chi connectivity index (χ1) is 7.75. The number of pyridine rings is 1. The first-order valence-electron chi connectivity index (χ1n) is 5.20. The molecule has 0 aliphatic carbocycles. The monoisotopic (exact) mass is 214 g/mol. The maximum Gasteiger partial charge on any atom is 0.115 e. The third kappa shape index (κ3) is 2.58. The predicted molar refractivity (Wildman–Crippen MR) is 63.0 cm³/mol. The van der Waals surface area contributed by atoms with Gasteiger partial charge in [0.05, 0.1) is 0 Å². The number of hydrogen-bond donors (Lipinski definition) is 2. The summed E-state index contributed by atoms with van der Waals surface area (Å²) in [6.07, 6.45) is 2.46. The molecule has 0 aliphatic rings. The van der Waals surface area contributed by atoms with Crippen LogP contribution in [0.5, 0.6) is 5.75 Å². The zero-order valence-electron chi connectivity index (χ0n) is 8.88. The average molecular weight is 214 g/mol. The van der Waals surface area contributed by atoms with E-state index in [2.05, 4.69) is 4.98 Å². The minimum atomic E-state index is -0.0875. The second kappa shape index (κ2) is 4.77. The van der Waals surface area contributed by atoms with Crippen molar-refractivity contribution >= 4 is 0 Å². The van der Waals surface area contributed by atoms with Crippen molar-refractivity contribution in [2.75, 3.05) is 0 Å². The maximum absolute atomic E-state index is 9.18. The van der Waals surface area contributed by atoms with Crippen molar-refractivity contribution in [3.8, 4) is 5.75 Å². The van der Waals surface area contributed by atoms with Crippen LogP contribution in [0.1, 0.15) is 17.3 Å². The summed E-state index contributed by atoms with van der Waals surface area (Å²) >= 11 is 0. The molecule has 3 N–H and O–H groups in total. The van der Waals surface area contributed by atoms with Crippen LogP contribution < -0.4 is 5.73 Å². The van der Waals surface area contributed by atoms with Crippen molar-refractivity contribution in [2.45, 2.75) is 12.5 Å². The van der Waals surface area contributed by atoms with Gasteiger partial charge in [0.1, 0.15) is 5.75 Å². The Bertz CT molecular complexity index is 439. The second-order valence-corrected chi connectivity index (χ2v) is 3.72. The average Bonchev–Trinajstić information content (AvgIpc) is 2.31. The van der Waals surface area contributed by atoms with E-state index in [1.54, 1.807) is 18.3 Å². The van der Waals surface area contributed by atoms with Gasteiger partial charge in [-0.25, -0.2) is 0 Å². The molecule has 0 spiro atoms. The first kappa shape index (κ1) is 10.6. The largest absolute Gasteiger partial charge is 0.508 e. The fourth-order valence-electron chi connectivity index (χ4n) is 1.58. The molecule has 1 aromatic carbocycles. The van der Waals surface area contributed by atoms with E-state index in [-0.39, 0.29) is 11.8 Å². The molecule has 1 aromatic heterocycles. The van der Waals surface area contributed by atoms with Crippen LogP contribution in [-0.4, -0.2) is 10.1 Å². The molecule has 0 bridgehead atoms. The van der Waals surface area contributed by atoms with Gasteiger partial charge in [-0.2, -0.15) is 0 Å².